The van der Waals surface area contributed by atoms with Crippen LogP contribution in [0.15, 0.2) is 120 Å². The van der Waals surface area contributed by atoms with E-state index in [0.717, 1.165) is 47.7 Å². The molecule has 1 aliphatic rings. The largest absolute Gasteiger partial charge is 0.289 e. The highest BCUT2D eigenvalue weighted by molar-refractivity contribution is 9.10. The van der Waals surface area contributed by atoms with Gasteiger partial charge in [-0.2, -0.15) is 0 Å². The first-order valence-electron chi connectivity index (χ1n) is 11.4. The van der Waals surface area contributed by atoms with Crippen LogP contribution in [0, 0.1) is 0 Å². The second kappa shape index (κ2) is 7.93. The predicted octanol–water partition coefficient (Wildman–Crippen LogP) is 8.86. The van der Waals surface area contributed by atoms with Crippen molar-refractivity contribution in [2.75, 3.05) is 4.67 Å². The number of hydrogen-bond acceptors (Lipinski definition) is 2. The first-order valence-corrected chi connectivity index (χ1v) is 14.7. The summed E-state index contributed by atoms with van der Waals surface area (Å²) < 4.78 is 21.3. The zero-order valence-corrected chi connectivity index (χ0v) is 21.9. The van der Waals surface area contributed by atoms with Crippen LogP contribution in [-0.2, 0) is 4.57 Å². The highest BCUT2D eigenvalue weighted by Gasteiger charge is 2.44. The predicted molar refractivity (Wildman–Crippen MR) is 154 cm³/mol. The average Bonchev–Trinajstić information content (AvgIpc) is 3.28. The van der Waals surface area contributed by atoms with Gasteiger partial charge < -0.3 is 0 Å². The Morgan fingerprint density at radius 3 is 2.23 bits per heavy atom. The normalized spacial score (nSPS) is 16.9. The van der Waals surface area contributed by atoms with Gasteiger partial charge in [0.1, 0.15) is 0 Å². The fraction of sp³-hybridized carbons (Fsp3) is 0. The van der Waals surface area contributed by atoms with Crippen LogP contribution in [0.3, 0.4) is 0 Å². The molecule has 1 aliphatic heterocycles. The number of fused-ring (bicyclic) bond motifs is 6. The Morgan fingerprint density at radius 2 is 1.34 bits per heavy atom. The van der Waals surface area contributed by atoms with Crippen molar-refractivity contribution in [3.05, 3.63) is 120 Å². The standard InChI is InChI=1S/C30H19BrNOPS/c31-24-15-9-17-26-29(24)23-13-4-6-16-25(23)32(20-10-2-1-3-11-20)34(26,33)27-18-8-14-22-21-12-5-7-19-28(21)35-30(22)27/h1-19H. The van der Waals surface area contributed by atoms with Crippen LogP contribution < -0.4 is 15.3 Å². The number of thiophene rings is 1. The molecule has 6 aromatic rings. The fourth-order valence-electron chi connectivity index (χ4n) is 5.24. The summed E-state index contributed by atoms with van der Waals surface area (Å²) in [4.78, 5) is 0. The first-order chi connectivity index (χ1) is 17.2. The number of rotatable bonds is 2. The van der Waals surface area contributed by atoms with E-state index in [1.807, 2.05) is 48.5 Å². The van der Waals surface area contributed by atoms with Crippen molar-refractivity contribution < 1.29 is 4.57 Å². The number of anilines is 2. The summed E-state index contributed by atoms with van der Waals surface area (Å²) in [7, 11) is -3.33. The molecule has 0 amide bonds. The number of hydrogen-bond donors (Lipinski definition) is 0. The van der Waals surface area contributed by atoms with E-state index in [4.69, 9.17) is 0 Å². The summed E-state index contributed by atoms with van der Waals surface area (Å²) in [5.74, 6) is 0. The van der Waals surface area contributed by atoms with Crippen molar-refractivity contribution >= 4 is 76.7 Å². The lowest BCUT2D eigenvalue weighted by Gasteiger charge is -2.40. The smallest absolute Gasteiger partial charge is 0.236 e. The molecule has 1 aromatic heterocycles. The number of halogens is 1. The number of nitrogens with zero attached hydrogens (tertiary/aromatic N) is 1. The Balaban J connectivity index is 1.66. The number of para-hydroxylation sites is 2. The van der Waals surface area contributed by atoms with Crippen molar-refractivity contribution in [2.45, 2.75) is 0 Å². The lowest BCUT2D eigenvalue weighted by molar-refractivity contribution is 0.587. The molecule has 0 aliphatic carbocycles. The maximum absolute atomic E-state index is 15.9. The molecular formula is C30H19BrNOPS. The van der Waals surface area contributed by atoms with Gasteiger partial charge in [0.2, 0.25) is 7.29 Å². The molecule has 1 unspecified atom stereocenters. The Labute approximate surface area is 216 Å². The van der Waals surface area contributed by atoms with E-state index < -0.39 is 7.29 Å². The van der Waals surface area contributed by atoms with E-state index in [-0.39, 0.29) is 0 Å². The molecule has 0 N–H and O–H groups in total. The summed E-state index contributed by atoms with van der Waals surface area (Å²) in [5, 5.41) is 4.11. The summed E-state index contributed by atoms with van der Waals surface area (Å²) in [5.41, 5.74) is 3.97. The average molecular weight is 552 g/mol. The van der Waals surface area contributed by atoms with Gasteiger partial charge in [0.25, 0.3) is 0 Å². The molecular weight excluding hydrogens is 533 g/mol. The maximum atomic E-state index is 15.9. The molecule has 5 aromatic carbocycles. The van der Waals surface area contributed by atoms with Crippen molar-refractivity contribution in [3.63, 3.8) is 0 Å². The van der Waals surface area contributed by atoms with Crippen LogP contribution in [0.1, 0.15) is 0 Å². The van der Waals surface area contributed by atoms with Gasteiger partial charge >= 0.3 is 0 Å². The molecule has 0 bridgehead atoms. The molecule has 0 saturated carbocycles. The molecule has 7 rings (SSSR count). The van der Waals surface area contributed by atoms with E-state index in [2.05, 4.69) is 87.3 Å². The van der Waals surface area contributed by atoms with E-state index >= 15 is 4.57 Å². The Kier molecular flexibility index (Phi) is 4.79. The van der Waals surface area contributed by atoms with Crippen LogP contribution in [0.4, 0.5) is 11.4 Å². The molecule has 5 heteroatoms. The molecule has 0 spiro atoms. The van der Waals surface area contributed by atoms with Gasteiger partial charge in [-0.15, -0.1) is 11.3 Å². The van der Waals surface area contributed by atoms with Crippen LogP contribution in [-0.4, -0.2) is 0 Å². The Morgan fingerprint density at radius 1 is 0.657 bits per heavy atom. The van der Waals surface area contributed by atoms with Gasteiger partial charge in [-0.25, -0.2) is 0 Å². The minimum atomic E-state index is -3.33. The Hall–Kier alpha value is -3.17. The number of benzene rings is 5. The molecule has 168 valence electrons. The lowest BCUT2D eigenvalue weighted by Crippen LogP contribution is -2.34. The third-order valence-electron chi connectivity index (χ3n) is 6.71. The van der Waals surface area contributed by atoms with E-state index in [1.54, 1.807) is 11.3 Å². The SMILES string of the molecule is O=P1(c2cccc3c2sc2ccccc23)c2cccc(Br)c2-c2ccccc2N1c1ccccc1. The molecule has 35 heavy (non-hydrogen) atoms. The monoisotopic (exact) mass is 551 g/mol. The molecule has 2 heterocycles. The highest BCUT2D eigenvalue weighted by atomic mass is 79.9. The van der Waals surface area contributed by atoms with Crippen LogP contribution in [0.5, 0.6) is 0 Å². The summed E-state index contributed by atoms with van der Waals surface area (Å²) in [6, 6.07) is 39.2. The van der Waals surface area contributed by atoms with Crippen molar-refractivity contribution in [1.82, 2.24) is 0 Å². The molecule has 0 fully saturated rings. The molecule has 0 radical (unpaired) electrons. The van der Waals surface area contributed by atoms with Crippen molar-refractivity contribution in [1.29, 1.82) is 0 Å². The zero-order valence-electron chi connectivity index (χ0n) is 18.6. The third kappa shape index (κ3) is 2.97. The van der Waals surface area contributed by atoms with E-state index in [1.165, 1.54) is 10.1 Å². The second-order valence-corrected chi connectivity index (χ2v) is 13.0. The van der Waals surface area contributed by atoms with Crippen LogP contribution in [0.2, 0.25) is 0 Å². The first kappa shape index (κ1) is 21.1. The van der Waals surface area contributed by atoms with Gasteiger partial charge in [-0.1, -0.05) is 88.7 Å². The maximum Gasteiger partial charge on any atom is 0.236 e. The molecule has 1 atom stereocenters. The van der Waals surface area contributed by atoms with Gasteiger partial charge in [-0.3, -0.25) is 9.24 Å². The van der Waals surface area contributed by atoms with Gasteiger partial charge in [0, 0.05) is 46.8 Å². The lowest BCUT2D eigenvalue weighted by atomic mass is 10.0. The topological polar surface area (TPSA) is 20.3 Å². The minimum absolute atomic E-state index is 0.861. The summed E-state index contributed by atoms with van der Waals surface area (Å²) in [6.45, 7) is 0. The zero-order chi connectivity index (χ0) is 23.6. The minimum Gasteiger partial charge on any atom is -0.289 e. The molecule has 0 saturated heterocycles. The third-order valence-corrected chi connectivity index (χ3v) is 11.8. The van der Waals surface area contributed by atoms with Gasteiger partial charge in [0.15, 0.2) is 0 Å². The van der Waals surface area contributed by atoms with Crippen LogP contribution >= 0.6 is 34.6 Å². The fourth-order valence-corrected chi connectivity index (χ4v) is 10.7. The second-order valence-electron chi connectivity index (χ2n) is 8.63. The highest BCUT2D eigenvalue weighted by Crippen LogP contribution is 2.63. The van der Waals surface area contributed by atoms with Crippen LogP contribution in [0.25, 0.3) is 31.3 Å². The van der Waals surface area contributed by atoms with Crippen molar-refractivity contribution in [2.24, 2.45) is 0 Å². The van der Waals surface area contributed by atoms with Gasteiger partial charge in [-0.05, 0) is 42.5 Å². The quantitative estimate of drug-likeness (QED) is 0.200. The molecule has 2 nitrogen and oxygen atoms in total. The van der Waals surface area contributed by atoms with Crippen molar-refractivity contribution in [3.8, 4) is 11.1 Å². The van der Waals surface area contributed by atoms with E-state index in [0.29, 0.717) is 0 Å². The van der Waals surface area contributed by atoms with E-state index in [9.17, 15) is 0 Å². The summed E-state index contributed by atoms with van der Waals surface area (Å²) >= 11 is 5.52. The summed E-state index contributed by atoms with van der Waals surface area (Å²) in [6.07, 6.45) is 0. The Bertz CT molecular complexity index is 1810. The van der Waals surface area contributed by atoms with Gasteiger partial charge in [0.05, 0.1) is 11.0 Å².